The van der Waals surface area contributed by atoms with Gasteiger partial charge in [-0.15, -0.1) is 0 Å². The number of hydrogen-bond donors (Lipinski definition) is 1. The molecule has 2 aliphatic rings. The van der Waals surface area contributed by atoms with E-state index in [0.29, 0.717) is 17.5 Å². The second-order valence-corrected chi connectivity index (χ2v) is 11.9. The highest BCUT2D eigenvalue weighted by Gasteiger charge is 2.39. The Kier molecular flexibility index (Phi) is 7.59. The van der Waals surface area contributed by atoms with Crippen molar-refractivity contribution in [2.75, 3.05) is 19.6 Å². The van der Waals surface area contributed by atoms with Gasteiger partial charge in [0.15, 0.2) is 0 Å². The lowest BCUT2D eigenvalue weighted by Crippen LogP contribution is -2.49. The van der Waals surface area contributed by atoms with Crippen molar-refractivity contribution in [3.05, 3.63) is 101 Å². The molecular formula is C29H25F3N4O4S. The molecule has 1 atom stereocenters. The van der Waals surface area contributed by atoms with Gasteiger partial charge >= 0.3 is 6.18 Å². The molecule has 3 aromatic rings. The monoisotopic (exact) mass is 582 g/mol. The van der Waals surface area contributed by atoms with Gasteiger partial charge in [-0.25, -0.2) is 8.42 Å². The molecule has 3 aromatic carbocycles. The fourth-order valence-electron chi connectivity index (χ4n) is 4.99. The van der Waals surface area contributed by atoms with Crippen molar-refractivity contribution in [2.24, 2.45) is 5.92 Å². The Balaban J connectivity index is 1.38. The van der Waals surface area contributed by atoms with E-state index in [4.69, 9.17) is 5.26 Å². The summed E-state index contributed by atoms with van der Waals surface area (Å²) in [6, 6.07) is 18.2. The molecule has 0 aliphatic carbocycles. The molecule has 1 N–H and O–H groups in total. The van der Waals surface area contributed by atoms with Crippen LogP contribution in [0.5, 0.6) is 0 Å². The van der Waals surface area contributed by atoms with Gasteiger partial charge in [-0.2, -0.15) is 22.7 Å². The van der Waals surface area contributed by atoms with E-state index in [1.165, 1.54) is 45.6 Å². The minimum absolute atomic E-state index is 0.0507. The number of benzene rings is 3. The fraction of sp³-hybridized carbons (Fsp3) is 0.276. The van der Waals surface area contributed by atoms with Gasteiger partial charge in [0.2, 0.25) is 15.9 Å². The maximum Gasteiger partial charge on any atom is 0.416 e. The Morgan fingerprint density at radius 1 is 1.00 bits per heavy atom. The van der Waals surface area contributed by atoms with Gasteiger partial charge in [-0.1, -0.05) is 42.5 Å². The molecule has 0 spiro atoms. The van der Waals surface area contributed by atoms with E-state index in [1.54, 1.807) is 12.1 Å². The van der Waals surface area contributed by atoms with Gasteiger partial charge in [-0.05, 0) is 53.4 Å². The van der Waals surface area contributed by atoms with Gasteiger partial charge in [0.1, 0.15) is 6.04 Å². The lowest BCUT2D eigenvalue weighted by molar-refractivity contribution is -0.137. The quantitative estimate of drug-likeness (QED) is 0.474. The maximum atomic E-state index is 13.7. The van der Waals surface area contributed by atoms with Gasteiger partial charge in [-0.3, -0.25) is 9.59 Å². The van der Waals surface area contributed by atoms with Crippen LogP contribution in [-0.4, -0.2) is 49.1 Å². The average molecular weight is 583 g/mol. The second kappa shape index (κ2) is 11.0. The summed E-state index contributed by atoms with van der Waals surface area (Å²) < 4.78 is 65.9. The van der Waals surface area contributed by atoms with Crippen molar-refractivity contribution in [1.29, 1.82) is 5.26 Å². The van der Waals surface area contributed by atoms with Crippen LogP contribution in [0, 0.1) is 17.2 Å². The Labute approximate surface area is 235 Å². The molecule has 41 heavy (non-hydrogen) atoms. The summed E-state index contributed by atoms with van der Waals surface area (Å²) in [6.07, 6.45) is -3.99. The Morgan fingerprint density at radius 2 is 1.71 bits per heavy atom. The van der Waals surface area contributed by atoms with E-state index in [1.807, 2.05) is 18.2 Å². The van der Waals surface area contributed by atoms with E-state index in [-0.39, 0.29) is 42.6 Å². The summed E-state index contributed by atoms with van der Waals surface area (Å²) in [6.45, 7) is 0.314. The minimum Gasteiger partial charge on any atom is -0.350 e. The number of nitrogens with one attached hydrogen (secondary N) is 1. The van der Waals surface area contributed by atoms with Crippen LogP contribution in [0.25, 0.3) is 0 Å². The Morgan fingerprint density at radius 3 is 2.39 bits per heavy atom. The Bertz CT molecular complexity index is 1630. The zero-order valence-corrected chi connectivity index (χ0v) is 22.5. The van der Waals surface area contributed by atoms with Crippen LogP contribution in [0.3, 0.4) is 0 Å². The number of nitrogens with zero attached hydrogens (tertiary/aromatic N) is 3. The minimum atomic E-state index is -4.47. The smallest absolute Gasteiger partial charge is 0.350 e. The van der Waals surface area contributed by atoms with Crippen molar-refractivity contribution in [1.82, 2.24) is 14.5 Å². The second-order valence-electron chi connectivity index (χ2n) is 9.94. The Hall–Kier alpha value is -4.21. The van der Waals surface area contributed by atoms with Crippen LogP contribution in [0.2, 0.25) is 0 Å². The SMILES string of the molecule is N#CC1CN(S(=O)(=O)c2cccc(C(=O)N3CCc4ccccc4[C@H]3C(=O)NCc3ccc(C(F)(F)F)cc3)c2)C1. The highest BCUT2D eigenvalue weighted by atomic mass is 32.2. The molecule has 0 unspecified atom stereocenters. The van der Waals surface area contributed by atoms with Crippen molar-refractivity contribution in [2.45, 2.75) is 30.1 Å². The highest BCUT2D eigenvalue weighted by Crippen LogP contribution is 2.33. The summed E-state index contributed by atoms with van der Waals surface area (Å²) >= 11 is 0. The molecule has 12 heteroatoms. The van der Waals surface area contributed by atoms with E-state index < -0.39 is 39.6 Å². The molecule has 2 aliphatic heterocycles. The first-order valence-electron chi connectivity index (χ1n) is 12.8. The van der Waals surface area contributed by atoms with Gasteiger partial charge < -0.3 is 10.2 Å². The number of alkyl halides is 3. The van der Waals surface area contributed by atoms with Crippen LogP contribution >= 0.6 is 0 Å². The van der Waals surface area contributed by atoms with Crippen LogP contribution in [0.4, 0.5) is 13.2 Å². The van der Waals surface area contributed by atoms with E-state index >= 15 is 0 Å². The van der Waals surface area contributed by atoms with Crippen molar-refractivity contribution in [3.8, 4) is 6.07 Å². The van der Waals surface area contributed by atoms with E-state index in [9.17, 15) is 31.2 Å². The molecule has 1 fully saturated rings. The number of sulfonamides is 1. The average Bonchev–Trinajstić information content (AvgIpc) is 2.94. The zero-order chi connectivity index (χ0) is 29.4. The van der Waals surface area contributed by atoms with Crippen molar-refractivity contribution < 1.29 is 31.2 Å². The summed E-state index contributed by atoms with van der Waals surface area (Å²) in [5.41, 5.74) is 1.24. The van der Waals surface area contributed by atoms with Crippen LogP contribution in [-0.2, 0) is 34.0 Å². The van der Waals surface area contributed by atoms with Crippen LogP contribution in [0.15, 0.2) is 77.7 Å². The highest BCUT2D eigenvalue weighted by molar-refractivity contribution is 7.89. The van der Waals surface area contributed by atoms with E-state index in [2.05, 4.69) is 5.32 Å². The topological polar surface area (TPSA) is 111 Å². The molecule has 8 nitrogen and oxygen atoms in total. The van der Waals surface area contributed by atoms with Crippen molar-refractivity contribution >= 4 is 21.8 Å². The number of hydrogen-bond acceptors (Lipinski definition) is 5. The number of fused-ring (bicyclic) bond motifs is 1. The third-order valence-electron chi connectivity index (χ3n) is 7.29. The lowest BCUT2D eigenvalue weighted by atomic mass is 9.91. The number of rotatable bonds is 6. The normalized spacial score (nSPS) is 17.7. The molecule has 2 heterocycles. The molecular weight excluding hydrogens is 557 g/mol. The number of nitriles is 1. The number of halogens is 3. The van der Waals surface area contributed by atoms with Gasteiger partial charge in [0.25, 0.3) is 5.91 Å². The summed E-state index contributed by atoms with van der Waals surface area (Å²) in [5.74, 6) is -1.42. The largest absolute Gasteiger partial charge is 0.416 e. The van der Waals surface area contributed by atoms with Crippen molar-refractivity contribution in [3.63, 3.8) is 0 Å². The van der Waals surface area contributed by atoms with Gasteiger partial charge in [0.05, 0.1) is 22.4 Å². The fourth-order valence-corrected chi connectivity index (χ4v) is 6.56. The van der Waals surface area contributed by atoms with Gasteiger partial charge in [0, 0.05) is 31.7 Å². The number of amides is 2. The molecule has 0 aromatic heterocycles. The third kappa shape index (κ3) is 5.68. The first-order chi connectivity index (χ1) is 19.5. The first kappa shape index (κ1) is 28.3. The zero-order valence-electron chi connectivity index (χ0n) is 21.6. The standard InChI is InChI=1S/C29H25F3N4O4S/c30-29(31,32)23-10-8-19(9-11-23)16-34-27(37)26-25-7-2-1-4-21(25)12-13-36(26)28(38)22-5-3-6-24(14-22)41(39,40)35-17-20(15-33)18-35/h1-11,14,20,26H,12-13,16-18H2,(H,34,37)/t26-/m0/s1. The summed E-state index contributed by atoms with van der Waals surface area (Å²) in [4.78, 5) is 28.6. The molecule has 2 amide bonds. The predicted octanol–water partition coefficient (Wildman–Crippen LogP) is 3.91. The van der Waals surface area contributed by atoms with Crippen LogP contribution in [0.1, 0.15) is 38.7 Å². The third-order valence-corrected chi connectivity index (χ3v) is 9.12. The molecule has 1 saturated heterocycles. The number of carbonyl (C=O) groups is 2. The molecule has 0 saturated carbocycles. The molecule has 0 radical (unpaired) electrons. The molecule has 5 rings (SSSR count). The maximum absolute atomic E-state index is 13.7. The summed E-state index contributed by atoms with van der Waals surface area (Å²) in [7, 11) is -3.90. The van der Waals surface area contributed by atoms with E-state index in [0.717, 1.165) is 17.7 Å². The first-order valence-corrected chi connectivity index (χ1v) is 14.3. The number of carbonyl (C=O) groups excluding carboxylic acids is 2. The molecule has 0 bridgehead atoms. The van der Waals surface area contributed by atoms with Crippen LogP contribution < -0.4 is 5.32 Å². The lowest BCUT2D eigenvalue weighted by Gasteiger charge is -2.36. The summed E-state index contributed by atoms with van der Waals surface area (Å²) in [5, 5.41) is 11.7. The molecule has 212 valence electrons. The predicted molar refractivity (Wildman–Crippen MR) is 142 cm³/mol.